The van der Waals surface area contributed by atoms with Crippen LogP contribution in [0.2, 0.25) is 0 Å². The molecule has 0 saturated carbocycles. The summed E-state index contributed by atoms with van der Waals surface area (Å²) in [5.74, 6) is 0.353. The molecule has 0 spiro atoms. The highest BCUT2D eigenvalue weighted by Gasteiger charge is 2.20. The molecule has 1 unspecified atom stereocenters. The lowest BCUT2D eigenvalue weighted by molar-refractivity contribution is 0.0725. The van der Waals surface area contributed by atoms with E-state index in [1.165, 1.54) is 11.8 Å². The zero-order chi connectivity index (χ0) is 13.8. The monoisotopic (exact) mass is 268 g/mol. The number of carbonyl (C=O) groups excluding carboxylic acids is 1. The number of anilines is 1. The number of rotatable bonds is 5. The zero-order valence-corrected chi connectivity index (χ0v) is 11.8. The van der Waals surface area contributed by atoms with Crippen LogP contribution in [0, 0.1) is 6.92 Å². The van der Waals surface area contributed by atoms with E-state index in [2.05, 4.69) is 5.32 Å². The first kappa shape index (κ1) is 14.9. The van der Waals surface area contributed by atoms with Crippen molar-refractivity contribution in [1.82, 2.24) is 5.32 Å². The average molecular weight is 268 g/mol. The van der Waals surface area contributed by atoms with Gasteiger partial charge in [-0.05, 0) is 37.8 Å². The molecule has 1 aromatic carbocycles. The Balaban J connectivity index is 2.63. The van der Waals surface area contributed by atoms with Crippen molar-refractivity contribution >= 4 is 23.4 Å². The molecule has 0 heterocycles. The molecule has 5 heteroatoms. The third-order valence-electron chi connectivity index (χ3n) is 2.63. The Labute approximate surface area is 112 Å². The maximum Gasteiger partial charge on any atom is 0.251 e. The molecule has 18 heavy (non-hydrogen) atoms. The van der Waals surface area contributed by atoms with Crippen molar-refractivity contribution in [2.75, 3.05) is 24.3 Å². The molecule has 0 aliphatic carbocycles. The summed E-state index contributed by atoms with van der Waals surface area (Å²) >= 11 is 1.54. The average Bonchev–Trinajstić information content (AvgIpc) is 2.30. The van der Waals surface area contributed by atoms with Crippen LogP contribution in [-0.2, 0) is 0 Å². The van der Waals surface area contributed by atoms with E-state index >= 15 is 0 Å². The van der Waals surface area contributed by atoms with Crippen molar-refractivity contribution in [3.63, 3.8) is 0 Å². The first-order valence-corrected chi connectivity index (χ1v) is 7.11. The number of thioether (sulfide) groups is 1. The van der Waals surface area contributed by atoms with E-state index in [1.807, 2.05) is 19.2 Å². The Morgan fingerprint density at radius 2 is 2.22 bits per heavy atom. The van der Waals surface area contributed by atoms with Crippen LogP contribution in [0.4, 0.5) is 5.69 Å². The number of hydrogen-bond donors (Lipinski definition) is 3. The largest absolute Gasteiger partial charge is 0.398 e. The SMILES string of the molecule is CSCC(C)(O)CNC(=O)c1ccc(C)c(N)c1. The van der Waals surface area contributed by atoms with Crippen LogP contribution in [0.25, 0.3) is 0 Å². The molecule has 100 valence electrons. The van der Waals surface area contributed by atoms with Gasteiger partial charge >= 0.3 is 0 Å². The minimum absolute atomic E-state index is 0.219. The predicted molar refractivity (Wildman–Crippen MR) is 76.9 cm³/mol. The molecule has 1 aromatic rings. The Morgan fingerprint density at radius 3 is 2.78 bits per heavy atom. The number of benzene rings is 1. The Kier molecular flexibility index (Phi) is 5.04. The standard InChI is InChI=1S/C13H20N2O2S/c1-9-4-5-10(6-11(9)14)12(16)15-7-13(2,17)8-18-3/h4-6,17H,7-8,14H2,1-3H3,(H,15,16). The van der Waals surface area contributed by atoms with Gasteiger partial charge in [-0.2, -0.15) is 11.8 Å². The van der Waals surface area contributed by atoms with Gasteiger partial charge < -0.3 is 16.2 Å². The summed E-state index contributed by atoms with van der Waals surface area (Å²) in [6.07, 6.45) is 1.91. The molecule has 0 aliphatic rings. The van der Waals surface area contributed by atoms with Crippen molar-refractivity contribution in [3.8, 4) is 0 Å². The molecule has 0 bridgehead atoms. The van der Waals surface area contributed by atoms with Gasteiger partial charge in [0.25, 0.3) is 5.91 Å². The molecule has 1 rings (SSSR count). The van der Waals surface area contributed by atoms with Gasteiger partial charge in [0.2, 0.25) is 0 Å². The van der Waals surface area contributed by atoms with Gasteiger partial charge in [0, 0.05) is 23.5 Å². The molecule has 0 saturated heterocycles. The number of nitrogen functional groups attached to an aromatic ring is 1. The highest BCUT2D eigenvalue weighted by atomic mass is 32.2. The summed E-state index contributed by atoms with van der Waals surface area (Å²) in [6.45, 7) is 3.81. The molecule has 1 atom stereocenters. The lowest BCUT2D eigenvalue weighted by Gasteiger charge is -2.22. The number of nitrogens with two attached hydrogens (primary N) is 1. The van der Waals surface area contributed by atoms with E-state index in [1.54, 1.807) is 19.1 Å². The predicted octanol–water partition coefficient (Wildman–Crippen LogP) is 1.42. The normalized spacial score (nSPS) is 14.0. The molecule has 1 amide bonds. The summed E-state index contributed by atoms with van der Waals surface area (Å²) in [4.78, 5) is 11.9. The number of carbonyl (C=O) groups is 1. The van der Waals surface area contributed by atoms with Gasteiger partial charge in [-0.15, -0.1) is 0 Å². The highest BCUT2D eigenvalue weighted by Crippen LogP contribution is 2.13. The van der Waals surface area contributed by atoms with Crippen molar-refractivity contribution in [2.45, 2.75) is 19.4 Å². The second kappa shape index (κ2) is 6.11. The fourth-order valence-electron chi connectivity index (χ4n) is 1.52. The molecule has 0 radical (unpaired) electrons. The lowest BCUT2D eigenvalue weighted by atomic mass is 10.1. The van der Waals surface area contributed by atoms with E-state index in [4.69, 9.17) is 5.73 Å². The highest BCUT2D eigenvalue weighted by molar-refractivity contribution is 7.98. The van der Waals surface area contributed by atoms with Crippen LogP contribution < -0.4 is 11.1 Å². The molecule has 0 aliphatic heterocycles. The Morgan fingerprint density at radius 1 is 1.56 bits per heavy atom. The van der Waals surface area contributed by atoms with Gasteiger partial charge in [-0.25, -0.2) is 0 Å². The van der Waals surface area contributed by atoms with Crippen LogP contribution in [0.1, 0.15) is 22.8 Å². The summed E-state index contributed by atoms with van der Waals surface area (Å²) < 4.78 is 0. The van der Waals surface area contributed by atoms with Crippen molar-refractivity contribution < 1.29 is 9.90 Å². The van der Waals surface area contributed by atoms with E-state index in [0.29, 0.717) is 17.0 Å². The van der Waals surface area contributed by atoms with E-state index in [-0.39, 0.29) is 12.5 Å². The van der Waals surface area contributed by atoms with E-state index < -0.39 is 5.60 Å². The summed E-state index contributed by atoms with van der Waals surface area (Å²) in [6, 6.07) is 5.18. The summed E-state index contributed by atoms with van der Waals surface area (Å²) in [7, 11) is 0. The van der Waals surface area contributed by atoms with E-state index in [0.717, 1.165) is 5.56 Å². The summed E-state index contributed by atoms with van der Waals surface area (Å²) in [5, 5.41) is 12.7. The number of hydrogen-bond acceptors (Lipinski definition) is 4. The van der Waals surface area contributed by atoms with Gasteiger partial charge in [0.05, 0.1) is 5.60 Å². The molecule has 0 aromatic heterocycles. The van der Waals surface area contributed by atoms with Crippen molar-refractivity contribution in [2.24, 2.45) is 0 Å². The summed E-state index contributed by atoms with van der Waals surface area (Å²) in [5.41, 5.74) is 6.91. The molecule has 4 N–H and O–H groups in total. The second-order valence-corrected chi connectivity index (χ2v) is 5.55. The van der Waals surface area contributed by atoms with Crippen molar-refractivity contribution in [1.29, 1.82) is 0 Å². The van der Waals surface area contributed by atoms with Gasteiger partial charge in [0.15, 0.2) is 0 Å². The molecule has 4 nitrogen and oxygen atoms in total. The minimum atomic E-state index is -0.898. The van der Waals surface area contributed by atoms with Crippen LogP contribution in [-0.4, -0.2) is 35.2 Å². The lowest BCUT2D eigenvalue weighted by Crippen LogP contribution is -2.42. The van der Waals surface area contributed by atoms with Crippen molar-refractivity contribution in [3.05, 3.63) is 29.3 Å². The smallest absolute Gasteiger partial charge is 0.251 e. The third kappa shape index (κ3) is 4.23. The molecular formula is C13H20N2O2S. The van der Waals surface area contributed by atoms with Gasteiger partial charge in [-0.1, -0.05) is 6.07 Å². The maximum absolute atomic E-state index is 11.9. The number of aryl methyl sites for hydroxylation is 1. The van der Waals surface area contributed by atoms with Gasteiger partial charge in [-0.3, -0.25) is 4.79 Å². The number of amides is 1. The Bertz CT molecular complexity index is 433. The van der Waals surface area contributed by atoms with Crippen LogP contribution >= 0.6 is 11.8 Å². The second-order valence-electron chi connectivity index (χ2n) is 4.68. The fourth-order valence-corrected chi connectivity index (χ4v) is 2.24. The Hall–Kier alpha value is -1.20. The van der Waals surface area contributed by atoms with Crippen LogP contribution in [0.3, 0.4) is 0 Å². The van der Waals surface area contributed by atoms with Crippen LogP contribution in [0.5, 0.6) is 0 Å². The minimum Gasteiger partial charge on any atom is -0.398 e. The number of aliphatic hydroxyl groups is 1. The van der Waals surface area contributed by atoms with Crippen LogP contribution in [0.15, 0.2) is 18.2 Å². The number of nitrogens with one attached hydrogen (secondary N) is 1. The molecule has 0 fully saturated rings. The third-order valence-corrected chi connectivity index (χ3v) is 3.54. The fraction of sp³-hybridized carbons (Fsp3) is 0.462. The van der Waals surface area contributed by atoms with E-state index in [9.17, 15) is 9.90 Å². The quantitative estimate of drug-likeness (QED) is 0.706. The first-order valence-electron chi connectivity index (χ1n) is 5.71. The maximum atomic E-state index is 11.9. The topological polar surface area (TPSA) is 75.3 Å². The van der Waals surface area contributed by atoms with Gasteiger partial charge in [0.1, 0.15) is 0 Å². The first-order chi connectivity index (χ1) is 8.35. The molecular weight excluding hydrogens is 248 g/mol. The zero-order valence-electron chi connectivity index (χ0n) is 11.0.